The third kappa shape index (κ3) is 2.34. The summed E-state index contributed by atoms with van der Waals surface area (Å²) in [7, 11) is 0. The second kappa shape index (κ2) is 4.99. The fourth-order valence-electron chi connectivity index (χ4n) is 1.78. The number of benzene rings is 1. The van der Waals surface area contributed by atoms with Crippen molar-refractivity contribution in [3.8, 4) is 10.9 Å². The van der Waals surface area contributed by atoms with Gasteiger partial charge in [0.2, 0.25) is 4.96 Å². The number of fused-ring (bicyclic) bond motifs is 1. The zero-order valence-corrected chi connectivity index (χ0v) is 13.2. The van der Waals surface area contributed by atoms with Gasteiger partial charge >= 0.3 is 0 Å². The smallest absolute Gasteiger partial charge is 0.299 e. The SMILES string of the molecule is Cc1cc(C)c(Oc2nn3c(=O)ccnc3s2)cc1Br. The van der Waals surface area contributed by atoms with Crippen LogP contribution in [0.3, 0.4) is 0 Å². The lowest BCUT2D eigenvalue weighted by Crippen LogP contribution is -2.12. The first-order valence-electron chi connectivity index (χ1n) is 5.84. The zero-order valence-electron chi connectivity index (χ0n) is 10.8. The topological polar surface area (TPSA) is 56.5 Å². The molecule has 0 spiro atoms. The van der Waals surface area contributed by atoms with Crippen molar-refractivity contribution in [2.75, 3.05) is 0 Å². The standard InChI is InChI=1S/C13H10BrN3O2S/c1-7-5-8(2)10(6-9(7)14)19-13-16-17-11(18)3-4-15-12(17)20-13/h3-6H,1-2H3. The molecular weight excluding hydrogens is 342 g/mol. The highest BCUT2D eigenvalue weighted by Gasteiger charge is 2.10. The number of hydrogen-bond donors (Lipinski definition) is 0. The first-order chi connectivity index (χ1) is 9.54. The van der Waals surface area contributed by atoms with E-state index < -0.39 is 0 Å². The average molecular weight is 352 g/mol. The molecule has 0 unspecified atom stereocenters. The molecule has 0 aliphatic carbocycles. The lowest BCUT2D eigenvalue weighted by atomic mass is 10.1. The number of aryl methyl sites for hydroxylation is 2. The molecule has 0 N–H and O–H groups in total. The van der Waals surface area contributed by atoms with E-state index in [0.717, 1.165) is 15.6 Å². The Balaban J connectivity index is 2.03. The van der Waals surface area contributed by atoms with Gasteiger partial charge in [0.05, 0.1) is 0 Å². The summed E-state index contributed by atoms with van der Waals surface area (Å²) >= 11 is 4.70. The Morgan fingerprint density at radius 1 is 1.30 bits per heavy atom. The number of rotatable bonds is 2. The van der Waals surface area contributed by atoms with E-state index in [0.29, 0.717) is 15.9 Å². The summed E-state index contributed by atoms with van der Waals surface area (Å²) in [5.74, 6) is 0.703. The molecule has 20 heavy (non-hydrogen) atoms. The van der Waals surface area contributed by atoms with Gasteiger partial charge in [0, 0.05) is 16.7 Å². The average Bonchev–Trinajstić information content (AvgIpc) is 2.80. The summed E-state index contributed by atoms with van der Waals surface area (Å²) in [6.07, 6.45) is 1.47. The van der Waals surface area contributed by atoms with Crippen LogP contribution in [0.25, 0.3) is 4.96 Å². The van der Waals surface area contributed by atoms with Crippen LogP contribution in [-0.4, -0.2) is 14.6 Å². The molecular formula is C13H10BrN3O2S. The van der Waals surface area contributed by atoms with Crippen molar-refractivity contribution in [3.05, 3.63) is 50.3 Å². The minimum absolute atomic E-state index is 0.220. The summed E-state index contributed by atoms with van der Waals surface area (Å²) in [4.78, 5) is 16.2. The summed E-state index contributed by atoms with van der Waals surface area (Å²) in [6.45, 7) is 3.98. The molecule has 0 bridgehead atoms. The first-order valence-corrected chi connectivity index (χ1v) is 7.45. The van der Waals surface area contributed by atoms with Crippen LogP contribution in [-0.2, 0) is 0 Å². The number of halogens is 1. The molecule has 0 atom stereocenters. The highest BCUT2D eigenvalue weighted by atomic mass is 79.9. The predicted molar refractivity (Wildman–Crippen MR) is 80.8 cm³/mol. The molecule has 1 aromatic carbocycles. The van der Waals surface area contributed by atoms with Crippen molar-refractivity contribution in [2.45, 2.75) is 13.8 Å². The quantitative estimate of drug-likeness (QED) is 0.710. The molecule has 0 fully saturated rings. The van der Waals surface area contributed by atoms with Gasteiger partial charge in [0.25, 0.3) is 10.8 Å². The molecule has 0 aliphatic rings. The summed E-state index contributed by atoms with van der Waals surface area (Å²) < 4.78 is 7.96. The third-order valence-corrected chi connectivity index (χ3v) is 4.46. The van der Waals surface area contributed by atoms with Gasteiger partial charge in [-0.25, -0.2) is 4.98 Å². The van der Waals surface area contributed by atoms with Crippen LogP contribution in [0.4, 0.5) is 0 Å². The lowest BCUT2D eigenvalue weighted by Gasteiger charge is -2.07. The Kier molecular flexibility index (Phi) is 3.31. The molecule has 0 aliphatic heterocycles. The van der Waals surface area contributed by atoms with Crippen LogP contribution in [0, 0.1) is 13.8 Å². The molecule has 7 heteroatoms. The van der Waals surface area contributed by atoms with Crippen molar-refractivity contribution < 1.29 is 4.74 Å². The number of aromatic nitrogens is 3. The van der Waals surface area contributed by atoms with E-state index in [-0.39, 0.29) is 5.56 Å². The van der Waals surface area contributed by atoms with Crippen LogP contribution in [0.1, 0.15) is 11.1 Å². The van der Waals surface area contributed by atoms with E-state index in [2.05, 4.69) is 26.0 Å². The summed E-state index contributed by atoms with van der Waals surface area (Å²) in [5.41, 5.74) is 1.92. The second-order valence-electron chi connectivity index (χ2n) is 4.31. The molecule has 0 saturated heterocycles. The zero-order chi connectivity index (χ0) is 14.3. The van der Waals surface area contributed by atoms with Gasteiger partial charge in [0.1, 0.15) is 5.75 Å². The molecule has 0 amide bonds. The molecule has 3 rings (SSSR count). The van der Waals surface area contributed by atoms with Crippen molar-refractivity contribution >= 4 is 32.2 Å². The lowest BCUT2D eigenvalue weighted by molar-refractivity contribution is 0.465. The van der Waals surface area contributed by atoms with Crippen molar-refractivity contribution in [1.82, 2.24) is 14.6 Å². The van der Waals surface area contributed by atoms with E-state index >= 15 is 0 Å². The number of hydrogen-bond acceptors (Lipinski definition) is 5. The highest BCUT2D eigenvalue weighted by molar-refractivity contribution is 9.10. The molecule has 2 aromatic heterocycles. The van der Waals surface area contributed by atoms with E-state index in [1.165, 1.54) is 28.1 Å². The van der Waals surface area contributed by atoms with Gasteiger partial charge in [-0.05, 0) is 42.4 Å². The van der Waals surface area contributed by atoms with Crippen molar-refractivity contribution in [3.63, 3.8) is 0 Å². The Labute approximate surface area is 127 Å². The molecule has 0 saturated carbocycles. The molecule has 102 valence electrons. The predicted octanol–water partition coefficient (Wildman–Crippen LogP) is 3.32. The van der Waals surface area contributed by atoms with E-state index in [1.54, 1.807) is 0 Å². The Morgan fingerprint density at radius 2 is 2.10 bits per heavy atom. The fraction of sp³-hybridized carbons (Fsp3) is 0.154. The summed E-state index contributed by atoms with van der Waals surface area (Å²) in [6, 6.07) is 5.29. The summed E-state index contributed by atoms with van der Waals surface area (Å²) in [5, 5.41) is 4.51. The van der Waals surface area contributed by atoms with Gasteiger partial charge < -0.3 is 4.74 Å². The van der Waals surface area contributed by atoms with Gasteiger partial charge in [0.15, 0.2) is 0 Å². The molecule has 2 heterocycles. The minimum Gasteiger partial charge on any atom is -0.429 e. The number of ether oxygens (including phenoxy) is 1. The maximum Gasteiger partial charge on any atom is 0.299 e. The van der Waals surface area contributed by atoms with Crippen LogP contribution in [0.15, 0.2) is 33.7 Å². The largest absolute Gasteiger partial charge is 0.429 e. The minimum atomic E-state index is -0.220. The van der Waals surface area contributed by atoms with Gasteiger partial charge in [-0.15, -0.1) is 5.10 Å². The molecule has 0 radical (unpaired) electrons. The number of nitrogens with zero attached hydrogens (tertiary/aromatic N) is 3. The van der Waals surface area contributed by atoms with Gasteiger partial charge in [-0.3, -0.25) is 4.79 Å². The Morgan fingerprint density at radius 3 is 2.85 bits per heavy atom. The normalized spacial score (nSPS) is 10.9. The monoisotopic (exact) mass is 351 g/mol. The van der Waals surface area contributed by atoms with Gasteiger partial charge in [-0.2, -0.15) is 4.52 Å². The molecule has 5 nitrogen and oxygen atoms in total. The Bertz CT molecular complexity index is 856. The van der Waals surface area contributed by atoms with Crippen LogP contribution < -0.4 is 10.3 Å². The highest BCUT2D eigenvalue weighted by Crippen LogP contribution is 2.31. The van der Waals surface area contributed by atoms with Crippen LogP contribution in [0.2, 0.25) is 0 Å². The van der Waals surface area contributed by atoms with Crippen molar-refractivity contribution in [1.29, 1.82) is 0 Å². The van der Waals surface area contributed by atoms with E-state index in [4.69, 9.17) is 4.74 Å². The first kappa shape index (κ1) is 13.3. The molecule has 3 aromatic rings. The second-order valence-corrected chi connectivity index (χ2v) is 6.09. The maximum atomic E-state index is 11.6. The van der Waals surface area contributed by atoms with Gasteiger partial charge in [-0.1, -0.05) is 22.0 Å². The van der Waals surface area contributed by atoms with E-state index in [9.17, 15) is 4.79 Å². The Hall–Kier alpha value is -1.73. The van der Waals surface area contributed by atoms with E-state index in [1.807, 2.05) is 26.0 Å². The van der Waals surface area contributed by atoms with Crippen molar-refractivity contribution in [2.24, 2.45) is 0 Å². The fourth-order valence-corrected chi connectivity index (χ4v) is 2.84. The van der Waals surface area contributed by atoms with Crippen LogP contribution >= 0.6 is 27.3 Å². The third-order valence-electron chi connectivity index (χ3n) is 2.81. The maximum absolute atomic E-state index is 11.6. The van der Waals surface area contributed by atoms with Crippen LogP contribution in [0.5, 0.6) is 10.9 Å².